The number of amides is 1. The van der Waals surface area contributed by atoms with E-state index >= 15 is 0 Å². The van der Waals surface area contributed by atoms with Gasteiger partial charge >= 0.3 is 0 Å². The van der Waals surface area contributed by atoms with Gasteiger partial charge in [0.2, 0.25) is 0 Å². The van der Waals surface area contributed by atoms with Crippen LogP contribution in [-0.2, 0) is 4.79 Å². The number of likely N-dealkylation sites (tertiary alicyclic amines) is 1. The standard InChI is InChI=1S/C17H19ClFN3O2/c1-10-6-11(2)22(20-10)14-8-21(9-14)17(23)12(3)24-16-5-4-13(19)7-15(16)18/h4-7,12,14H,8-9H2,1-3H3. The first-order valence-electron chi connectivity index (χ1n) is 7.78. The lowest BCUT2D eigenvalue weighted by Crippen LogP contribution is -2.54. The molecule has 0 aliphatic carbocycles. The van der Waals surface area contributed by atoms with Crippen molar-refractivity contribution in [3.63, 3.8) is 0 Å². The Morgan fingerprint density at radius 2 is 2.08 bits per heavy atom. The Kier molecular flexibility index (Phi) is 4.49. The Balaban J connectivity index is 1.58. The maximum absolute atomic E-state index is 13.1. The third-order valence-electron chi connectivity index (χ3n) is 4.11. The first-order valence-corrected chi connectivity index (χ1v) is 8.16. The van der Waals surface area contributed by atoms with Crippen LogP contribution in [0.4, 0.5) is 4.39 Å². The topological polar surface area (TPSA) is 47.4 Å². The van der Waals surface area contributed by atoms with Crippen LogP contribution in [0.5, 0.6) is 5.75 Å². The molecular weight excluding hydrogens is 333 g/mol. The Hall–Kier alpha value is -2.08. The van der Waals surface area contributed by atoms with Gasteiger partial charge in [-0.2, -0.15) is 5.10 Å². The molecule has 0 bridgehead atoms. The molecule has 1 atom stereocenters. The fourth-order valence-corrected chi connectivity index (χ4v) is 3.09. The van der Waals surface area contributed by atoms with Gasteiger partial charge in [0, 0.05) is 18.8 Å². The number of aromatic nitrogens is 2. The minimum Gasteiger partial charge on any atom is -0.479 e. The summed E-state index contributed by atoms with van der Waals surface area (Å²) in [6.45, 7) is 6.83. The van der Waals surface area contributed by atoms with Crippen LogP contribution in [0, 0.1) is 19.7 Å². The van der Waals surface area contributed by atoms with E-state index in [0.29, 0.717) is 18.8 Å². The zero-order valence-corrected chi connectivity index (χ0v) is 14.5. The lowest BCUT2D eigenvalue weighted by molar-refractivity contribution is -0.144. The molecule has 1 unspecified atom stereocenters. The minimum atomic E-state index is -0.686. The fraction of sp³-hybridized carbons (Fsp3) is 0.412. The molecule has 1 aromatic heterocycles. The molecule has 1 amide bonds. The van der Waals surface area contributed by atoms with Gasteiger partial charge in [0.25, 0.3) is 5.91 Å². The van der Waals surface area contributed by atoms with E-state index in [9.17, 15) is 9.18 Å². The summed E-state index contributed by atoms with van der Waals surface area (Å²) in [4.78, 5) is 14.2. The predicted molar refractivity (Wildman–Crippen MR) is 88.8 cm³/mol. The molecule has 0 saturated carbocycles. The zero-order valence-electron chi connectivity index (χ0n) is 13.8. The van der Waals surface area contributed by atoms with E-state index in [1.165, 1.54) is 12.1 Å². The Labute approximate surface area is 145 Å². The number of hydrogen-bond donors (Lipinski definition) is 0. The molecule has 1 aromatic carbocycles. The molecule has 2 heterocycles. The van der Waals surface area contributed by atoms with E-state index in [2.05, 4.69) is 5.10 Å². The van der Waals surface area contributed by atoms with E-state index < -0.39 is 11.9 Å². The smallest absolute Gasteiger partial charge is 0.263 e. The van der Waals surface area contributed by atoms with Crippen LogP contribution in [0.15, 0.2) is 24.3 Å². The van der Waals surface area contributed by atoms with Crippen LogP contribution in [0.3, 0.4) is 0 Å². The molecule has 3 rings (SSSR count). The van der Waals surface area contributed by atoms with E-state index in [0.717, 1.165) is 17.5 Å². The van der Waals surface area contributed by atoms with E-state index in [1.807, 2.05) is 24.6 Å². The molecule has 0 spiro atoms. The maximum atomic E-state index is 13.1. The summed E-state index contributed by atoms with van der Waals surface area (Å²) < 4.78 is 20.6. The van der Waals surface area contributed by atoms with Gasteiger partial charge in [0.1, 0.15) is 11.6 Å². The van der Waals surface area contributed by atoms with Gasteiger partial charge in [-0.3, -0.25) is 9.48 Å². The predicted octanol–water partition coefficient (Wildman–Crippen LogP) is 3.14. The first kappa shape index (κ1) is 16.8. The molecular formula is C17H19ClFN3O2. The highest BCUT2D eigenvalue weighted by Crippen LogP contribution is 2.28. The average Bonchev–Trinajstić information content (AvgIpc) is 2.79. The minimum absolute atomic E-state index is 0.117. The Bertz CT molecular complexity index is 771. The van der Waals surface area contributed by atoms with Gasteiger partial charge in [-0.25, -0.2) is 4.39 Å². The van der Waals surface area contributed by atoms with Crippen LogP contribution in [-0.4, -0.2) is 39.8 Å². The molecule has 5 nitrogen and oxygen atoms in total. The summed E-state index contributed by atoms with van der Waals surface area (Å²) in [7, 11) is 0. The largest absolute Gasteiger partial charge is 0.479 e. The van der Waals surface area contributed by atoms with Crippen molar-refractivity contribution >= 4 is 17.5 Å². The van der Waals surface area contributed by atoms with Crippen molar-refractivity contribution < 1.29 is 13.9 Å². The molecule has 1 fully saturated rings. The highest BCUT2D eigenvalue weighted by Gasteiger charge is 2.36. The summed E-state index contributed by atoms with van der Waals surface area (Å²) in [6.07, 6.45) is -0.686. The second kappa shape index (κ2) is 6.43. The third-order valence-corrected chi connectivity index (χ3v) is 4.41. The maximum Gasteiger partial charge on any atom is 0.263 e. The number of halogens is 2. The van der Waals surface area contributed by atoms with Crippen molar-refractivity contribution in [1.82, 2.24) is 14.7 Å². The molecule has 1 aliphatic heterocycles. The molecule has 1 aliphatic rings. The van der Waals surface area contributed by atoms with Gasteiger partial charge in [-0.15, -0.1) is 0 Å². The van der Waals surface area contributed by atoms with Crippen LogP contribution in [0.1, 0.15) is 24.4 Å². The van der Waals surface area contributed by atoms with Gasteiger partial charge in [0.05, 0.1) is 16.8 Å². The number of carbonyl (C=O) groups is 1. The zero-order chi connectivity index (χ0) is 17.4. The van der Waals surface area contributed by atoms with Gasteiger partial charge in [-0.1, -0.05) is 11.6 Å². The van der Waals surface area contributed by atoms with E-state index in [-0.39, 0.29) is 17.0 Å². The lowest BCUT2D eigenvalue weighted by Gasteiger charge is -2.40. The fourth-order valence-electron chi connectivity index (χ4n) is 2.87. The SMILES string of the molecule is Cc1cc(C)n(C2CN(C(=O)C(C)Oc3ccc(F)cc3Cl)C2)n1. The second-order valence-electron chi connectivity index (χ2n) is 6.10. The molecule has 7 heteroatoms. The summed E-state index contributed by atoms with van der Waals surface area (Å²) in [5.41, 5.74) is 2.06. The van der Waals surface area contributed by atoms with Crippen molar-refractivity contribution in [1.29, 1.82) is 0 Å². The Morgan fingerprint density at radius 1 is 1.38 bits per heavy atom. The lowest BCUT2D eigenvalue weighted by atomic mass is 10.1. The number of carbonyl (C=O) groups excluding carboxylic acids is 1. The second-order valence-corrected chi connectivity index (χ2v) is 6.51. The van der Waals surface area contributed by atoms with Crippen molar-refractivity contribution in [2.24, 2.45) is 0 Å². The van der Waals surface area contributed by atoms with Crippen molar-refractivity contribution in [2.45, 2.75) is 32.9 Å². The molecule has 0 N–H and O–H groups in total. The first-order chi connectivity index (χ1) is 11.3. The molecule has 0 radical (unpaired) electrons. The molecule has 1 saturated heterocycles. The van der Waals surface area contributed by atoms with E-state index in [4.69, 9.17) is 16.3 Å². The highest BCUT2D eigenvalue weighted by molar-refractivity contribution is 6.32. The number of rotatable bonds is 4. The molecule has 2 aromatic rings. The number of hydrogen-bond acceptors (Lipinski definition) is 3. The van der Waals surface area contributed by atoms with E-state index in [1.54, 1.807) is 11.8 Å². The van der Waals surface area contributed by atoms with Crippen LogP contribution in [0.2, 0.25) is 5.02 Å². The van der Waals surface area contributed by atoms with Gasteiger partial charge in [0.15, 0.2) is 6.10 Å². The van der Waals surface area contributed by atoms with Crippen LogP contribution >= 0.6 is 11.6 Å². The summed E-state index contributed by atoms with van der Waals surface area (Å²) in [5, 5.41) is 4.60. The van der Waals surface area contributed by atoms with Crippen molar-refractivity contribution in [3.05, 3.63) is 46.5 Å². The van der Waals surface area contributed by atoms with Gasteiger partial charge in [-0.05, 0) is 45.0 Å². The summed E-state index contributed by atoms with van der Waals surface area (Å²) >= 11 is 5.93. The van der Waals surface area contributed by atoms with Crippen LogP contribution < -0.4 is 4.74 Å². The highest BCUT2D eigenvalue weighted by atomic mass is 35.5. The van der Waals surface area contributed by atoms with Crippen LogP contribution in [0.25, 0.3) is 0 Å². The van der Waals surface area contributed by atoms with Crippen molar-refractivity contribution in [3.8, 4) is 5.75 Å². The van der Waals surface area contributed by atoms with Crippen molar-refractivity contribution in [2.75, 3.05) is 13.1 Å². The third kappa shape index (κ3) is 3.24. The van der Waals surface area contributed by atoms with Gasteiger partial charge < -0.3 is 9.64 Å². The number of aryl methyl sites for hydroxylation is 2. The monoisotopic (exact) mass is 351 g/mol. The molecule has 24 heavy (non-hydrogen) atoms. The summed E-state index contributed by atoms with van der Waals surface area (Å²) in [6, 6.07) is 6.06. The molecule has 128 valence electrons. The number of benzene rings is 1. The Morgan fingerprint density at radius 3 is 2.67 bits per heavy atom. The normalized spacial score (nSPS) is 16.0. The average molecular weight is 352 g/mol. The number of ether oxygens (including phenoxy) is 1. The quantitative estimate of drug-likeness (QED) is 0.850. The summed E-state index contributed by atoms with van der Waals surface area (Å²) in [5.74, 6) is -0.260. The number of nitrogens with zero attached hydrogens (tertiary/aromatic N) is 3.